The Morgan fingerprint density at radius 3 is 2.68 bits per heavy atom. The number of likely N-dealkylation sites (tertiary alicyclic amines) is 2. The van der Waals surface area contributed by atoms with E-state index in [9.17, 15) is 9.59 Å². The number of aliphatic hydroxyl groups is 1. The van der Waals surface area contributed by atoms with E-state index in [1.807, 2.05) is 30.0 Å². The van der Waals surface area contributed by atoms with Crippen molar-refractivity contribution in [2.24, 2.45) is 5.41 Å². The Labute approximate surface area is 149 Å². The van der Waals surface area contributed by atoms with Gasteiger partial charge in [-0.05, 0) is 37.2 Å². The minimum atomic E-state index is 0.0168. The van der Waals surface area contributed by atoms with Crippen LogP contribution in [0.1, 0.15) is 36.8 Å². The average molecular weight is 344 g/mol. The first-order valence-corrected chi connectivity index (χ1v) is 9.23. The molecule has 2 saturated heterocycles. The van der Waals surface area contributed by atoms with Gasteiger partial charge >= 0.3 is 0 Å². The maximum atomic E-state index is 12.6. The third-order valence-electron chi connectivity index (χ3n) is 5.73. The SMILES string of the molecule is Cc1cccc(CC(=O)N2CCC3(CCC(=O)N(CCO)C3)CC2)c1. The predicted molar refractivity (Wildman–Crippen MR) is 96.0 cm³/mol. The monoisotopic (exact) mass is 344 g/mol. The molecular formula is C20H28N2O3. The number of hydrogen-bond donors (Lipinski definition) is 1. The highest BCUT2D eigenvalue weighted by Crippen LogP contribution is 2.40. The van der Waals surface area contributed by atoms with Gasteiger partial charge in [-0.3, -0.25) is 9.59 Å². The second-order valence-corrected chi connectivity index (χ2v) is 7.59. The molecule has 5 nitrogen and oxygen atoms in total. The van der Waals surface area contributed by atoms with Crippen LogP contribution in [0.3, 0.4) is 0 Å². The quantitative estimate of drug-likeness (QED) is 0.905. The number of carbonyl (C=O) groups is 2. The summed E-state index contributed by atoms with van der Waals surface area (Å²) in [6, 6.07) is 8.12. The van der Waals surface area contributed by atoms with Gasteiger partial charge in [0.15, 0.2) is 0 Å². The lowest BCUT2D eigenvalue weighted by Gasteiger charge is -2.47. The van der Waals surface area contributed by atoms with Crippen LogP contribution in [0.15, 0.2) is 24.3 Å². The molecule has 2 fully saturated rings. The van der Waals surface area contributed by atoms with Crippen molar-refractivity contribution < 1.29 is 14.7 Å². The largest absolute Gasteiger partial charge is 0.395 e. The number of nitrogens with zero attached hydrogens (tertiary/aromatic N) is 2. The highest BCUT2D eigenvalue weighted by molar-refractivity contribution is 5.79. The summed E-state index contributed by atoms with van der Waals surface area (Å²) in [5.41, 5.74) is 2.38. The van der Waals surface area contributed by atoms with Gasteiger partial charge in [0.05, 0.1) is 13.0 Å². The number of piperidine rings is 2. The van der Waals surface area contributed by atoms with Gasteiger partial charge in [-0.25, -0.2) is 0 Å². The van der Waals surface area contributed by atoms with Crippen molar-refractivity contribution in [3.8, 4) is 0 Å². The fourth-order valence-electron chi connectivity index (χ4n) is 4.17. The highest BCUT2D eigenvalue weighted by atomic mass is 16.3. The summed E-state index contributed by atoms with van der Waals surface area (Å²) in [4.78, 5) is 28.3. The minimum Gasteiger partial charge on any atom is -0.395 e. The number of aryl methyl sites for hydroxylation is 1. The van der Waals surface area contributed by atoms with Gasteiger partial charge in [0.25, 0.3) is 0 Å². The smallest absolute Gasteiger partial charge is 0.226 e. The lowest BCUT2D eigenvalue weighted by Crippen LogP contribution is -2.53. The molecule has 1 aromatic carbocycles. The van der Waals surface area contributed by atoms with E-state index < -0.39 is 0 Å². The molecule has 136 valence electrons. The summed E-state index contributed by atoms with van der Waals surface area (Å²) in [6.45, 7) is 4.75. The number of aliphatic hydroxyl groups excluding tert-OH is 1. The van der Waals surface area contributed by atoms with Gasteiger partial charge in [-0.15, -0.1) is 0 Å². The molecule has 1 aromatic rings. The Balaban J connectivity index is 1.56. The maximum absolute atomic E-state index is 12.6. The highest BCUT2D eigenvalue weighted by Gasteiger charge is 2.41. The summed E-state index contributed by atoms with van der Waals surface area (Å²) in [7, 11) is 0. The molecule has 0 aromatic heterocycles. The van der Waals surface area contributed by atoms with Gasteiger partial charge < -0.3 is 14.9 Å². The van der Waals surface area contributed by atoms with Crippen molar-refractivity contribution in [2.45, 2.75) is 39.0 Å². The van der Waals surface area contributed by atoms with E-state index in [1.54, 1.807) is 4.90 Å². The van der Waals surface area contributed by atoms with Crippen LogP contribution in [0.2, 0.25) is 0 Å². The second kappa shape index (κ2) is 7.56. The Bertz CT molecular complexity index is 636. The molecule has 5 heteroatoms. The zero-order chi connectivity index (χ0) is 17.9. The molecule has 2 heterocycles. The van der Waals surface area contributed by atoms with Gasteiger partial charge in [-0.1, -0.05) is 29.8 Å². The molecule has 2 aliphatic rings. The lowest BCUT2D eigenvalue weighted by atomic mass is 9.72. The van der Waals surface area contributed by atoms with Gasteiger partial charge in [0.2, 0.25) is 11.8 Å². The molecule has 1 spiro atoms. The van der Waals surface area contributed by atoms with Crippen molar-refractivity contribution in [1.29, 1.82) is 0 Å². The van der Waals surface area contributed by atoms with Crippen molar-refractivity contribution in [3.63, 3.8) is 0 Å². The maximum Gasteiger partial charge on any atom is 0.226 e. The van der Waals surface area contributed by atoms with Crippen molar-refractivity contribution in [2.75, 3.05) is 32.8 Å². The molecule has 0 aliphatic carbocycles. The molecule has 0 radical (unpaired) electrons. The number of carbonyl (C=O) groups excluding carboxylic acids is 2. The standard InChI is InChI=1S/C20H28N2O3/c1-16-3-2-4-17(13-16)14-19(25)21-9-7-20(8-10-21)6-5-18(24)22(15-20)11-12-23/h2-4,13,23H,5-12,14-15H2,1H3. The van der Waals surface area contributed by atoms with E-state index in [2.05, 4.69) is 6.07 Å². The van der Waals surface area contributed by atoms with Crippen LogP contribution in [0, 0.1) is 12.3 Å². The predicted octanol–water partition coefficient (Wildman–Crippen LogP) is 1.76. The molecular weight excluding hydrogens is 316 g/mol. The van der Waals surface area contributed by atoms with E-state index in [0.717, 1.165) is 44.5 Å². The number of benzene rings is 1. The van der Waals surface area contributed by atoms with Crippen LogP contribution >= 0.6 is 0 Å². The zero-order valence-electron chi connectivity index (χ0n) is 15.0. The number of hydrogen-bond acceptors (Lipinski definition) is 3. The van der Waals surface area contributed by atoms with Crippen LogP contribution in [0.5, 0.6) is 0 Å². The Kier molecular flexibility index (Phi) is 5.42. The van der Waals surface area contributed by atoms with E-state index in [0.29, 0.717) is 19.4 Å². The summed E-state index contributed by atoms with van der Waals surface area (Å²) in [6.07, 6.45) is 3.83. The Hall–Kier alpha value is -1.88. The number of β-amino-alcohol motifs (C(OH)–C–C–N with tert-alkyl or cyclic N) is 1. The van der Waals surface area contributed by atoms with E-state index >= 15 is 0 Å². The van der Waals surface area contributed by atoms with E-state index in [-0.39, 0.29) is 23.8 Å². The third-order valence-corrected chi connectivity index (χ3v) is 5.73. The van der Waals surface area contributed by atoms with Crippen LogP contribution in [0.25, 0.3) is 0 Å². The average Bonchev–Trinajstić information content (AvgIpc) is 2.59. The molecule has 1 N–H and O–H groups in total. The van der Waals surface area contributed by atoms with Crippen LogP contribution in [0.4, 0.5) is 0 Å². The molecule has 2 amide bonds. The molecule has 3 rings (SSSR count). The molecule has 0 bridgehead atoms. The van der Waals surface area contributed by atoms with E-state index in [1.165, 1.54) is 5.56 Å². The topological polar surface area (TPSA) is 60.9 Å². The van der Waals surface area contributed by atoms with Gasteiger partial charge in [0.1, 0.15) is 0 Å². The molecule has 25 heavy (non-hydrogen) atoms. The summed E-state index contributed by atoms with van der Waals surface area (Å²) in [5.74, 6) is 0.345. The molecule has 0 atom stereocenters. The summed E-state index contributed by atoms with van der Waals surface area (Å²) in [5, 5.41) is 9.15. The normalized spacial score (nSPS) is 20.2. The Morgan fingerprint density at radius 1 is 1.24 bits per heavy atom. The minimum absolute atomic E-state index is 0.0168. The summed E-state index contributed by atoms with van der Waals surface area (Å²) < 4.78 is 0. The van der Waals surface area contributed by atoms with Gasteiger partial charge in [-0.2, -0.15) is 0 Å². The van der Waals surface area contributed by atoms with Gasteiger partial charge in [0, 0.05) is 32.6 Å². The van der Waals surface area contributed by atoms with Crippen LogP contribution in [-0.2, 0) is 16.0 Å². The van der Waals surface area contributed by atoms with Crippen LogP contribution in [-0.4, -0.2) is 59.5 Å². The zero-order valence-corrected chi connectivity index (χ0v) is 15.0. The molecule has 2 aliphatic heterocycles. The van der Waals surface area contributed by atoms with Crippen molar-refractivity contribution in [1.82, 2.24) is 9.80 Å². The fraction of sp³-hybridized carbons (Fsp3) is 0.600. The molecule has 0 saturated carbocycles. The first kappa shape index (κ1) is 17.9. The summed E-state index contributed by atoms with van der Waals surface area (Å²) >= 11 is 0. The van der Waals surface area contributed by atoms with Crippen LogP contribution < -0.4 is 0 Å². The first-order chi connectivity index (χ1) is 12.0. The molecule has 0 unspecified atom stereocenters. The number of rotatable bonds is 4. The third kappa shape index (κ3) is 4.21. The second-order valence-electron chi connectivity index (χ2n) is 7.59. The van der Waals surface area contributed by atoms with Crippen molar-refractivity contribution >= 4 is 11.8 Å². The first-order valence-electron chi connectivity index (χ1n) is 9.23. The lowest BCUT2D eigenvalue weighted by molar-refractivity contribution is -0.142. The fourth-order valence-corrected chi connectivity index (χ4v) is 4.17. The van der Waals surface area contributed by atoms with E-state index in [4.69, 9.17) is 5.11 Å². The number of amides is 2. The Morgan fingerprint density at radius 2 is 2.00 bits per heavy atom. The van der Waals surface area contributed by atoms with Crippen molar-refractivity contribution in [3.05, 3.63) is 35.4 Å².